The van der Waals surface area contributed by atoms with Crippen LogP contribution in [0.5, 0.6) is 0 Å². The maximum Gasteiger partial charge on any atom is 0.254 e. The maximum atomic E-state index is 13.1. The van der Waals surface area contributed by atoms with Crippen LogP contribution in [0.25, 0.3) is 0 Å². The van der Waals surface area contributed by atoms with Crippen molar-refractivity contribution in [1.29, 1.82) is 0 Å². The third kappa shape index (κ3) is 3.83. The van der Waals surface area contributed by atoms with Gasteiger partial charge in [0.2, 0.25) is 0 Å². The Bertz CT molecular complexity index is 876. The van der Waals surface area contributed by atoms with E-state index in [1.165, 1.54) is 29.5 Å². The highest BCUT2D eigenvalue weighted by Crippen LogP contribution is 2.38. The fraction of sp³-hybridized carbons (Fsp3) is 0.520. The number of carbonyl (C=O) groups is 1. The average molecular weight is 392 g/mol. The number of likely N-dealkylation sites (tertiary alicyclic amines) is 2. The zero-order valence-corrected chi connectivity index (χ0v) is 18.2. The summed E-state index contributed by atoms with van der Waals surface area (Å²) in [5.41, 5.74) is 5.93. The molecule has 1 aromatic carbocycles. The molecule has 2 saturated heterocycles. The fourth-order valence-electron chi connectivity index (χ4n) is 5.07. The van der Waals surface area contributed by atoms with Crippen molar-refractivity contribution in [2.24, 2.45) is 0 Å². The van der Waals surface area contributed by atoms with E-state index in [1.54, 1.807) is 0 Å². The molecule has 0 N–H and O–H groups in total. The zero-order valence-electron chi connectivity index (χ0n) is 18.2. The Hall–Kier alpha value is -2.20. The van der Waals surface area contributed by atoms with E-state index in [9.17, 15) is 4.79 Å². The third-order valence-corrected chi connectivity index (χ3v) is 7.01. The van der Waals surface area contributed by atoms with Crippen molar-refractivity contribution in [3.05, 3.63) is 64.5 Å². The summed E-state index contributed by atoms with van der Waals surface area (Å²) in [6.07, 6.45) is 6.51. The van der Waals surface area contributed by atoms with Crippen LogP contribution in [0.1, 0.15) is 71.9 Å². The van der Waals surface area contributed by atoms with Crippen LogP contribution < -0.4 is 0 Å². The number of benzene rings is 1. The standard InChI is InChI=1S/C25H33N3O/c1-5-6-7-20-8-10-21(11-9-20)25(29)28-16-22-14-23(28)15-27(22)19(4)24-12-13-26-18(3)17(24)2/h8-13,19,22-23H,5-7,14-16H2,1-4H3/t19-,22+,23+/m0/s1. The highest BCUT2D eigenvalue weighted by Gasteiger charge is 2.47. The van der Waals surface area contributed by atoms with E-state index in [0.717, 1.165) is 37.2 Å². The summed E-state index contributed by atoms with van der Waals surface area (Å²) in [5.74, 6) is 0.197. The van der Waals surface area contributed by atoms with Gasteiger partial charge in [0, 0.05) is 48.7 Å². The number of hydrogen-bond donors (Lipinski definition) is 0. The molecule has 0 saturated carbocycles. The van der Waals surface area contributed by atoms with Gasteiger partial charge < -0.3 is 4.90 Å². The van der Waals surface area contributed by atoms with Gasteiger partial charge in [-0.25, -0.2) is 0 Å². The lowest BCUT2D eigenvalue weighted by atomic mass is 10.00. The smallest absolute Gasteiger partial charge is 0.254 e. The van der Waals surface area contributed by atoms with Crippen LogP contribution >= 0.6 is 0 Å². The second-order valence-corrected chi connectivity index (χ2v) is 8.78. The summed E-state index contributed by atoms with van der Waals surface area (Å²) >= 11 is 0. The predicted molar refractivity (Wildman–Crippen MR) is 117 cm³/mol. The van der Waals surface area contributed by atoms with Gasteiger partial charge in [-0.1, -0.05) is 25.5 Å². The minimum atomic E-state index is 0.197. The number of amides is 1. The molecular formula is C25H33N3O. The number of unbranched alkanes of at least 4 members (excludes halogenated alkanes) is 1. The number of pyridine rings is 1. The van der Waals surface area contributed by atoms with Gasteiger partial charge in [-0.15, -0.1) is 0 Å². The molecule has 3 atom stereocenters. The lowest BCUT2D eigenvalue weighted by Gasteiger charge is -2.38. The van der Waals surface area contributed by atoms with Crippen molar-refractivity contribution in [2.75, 3.05) is 13.1 Å². The summed E-state index contributed by atoms with van der Waals surface area (Å²) in [6, 6.07) is 11.6. The molecule has 154 valence electrons. The first-order valence-corrected chi connectivity index (χ1v) is 11.1. The van der Waals surface area contributed by atoms with Crippen molar-refractivity contribution in [2.45, 2.75) is 71.5 Å². The van der Waals surface area contributed by atoms with Crippen molar-refractivity contribution in [3.8, 4) is 0 Å². The number of aryl methyl sites for hydroxylation is 2. The highest BCUT2D eigenvalue weighted by atomic mass is 16.2. The van der Waals surface area contributed by atoms with E-state index >= 15 is 0 Å². The normalized spacial score (nSPS) is 22.3. The molecule has 0 radical (unpaired) electrons. The van der Waals surface area contributed by atoms with Crippen molar-refractivity contribution in [3.63, 3.8) is 0 Å². The molecule has 2 aromatic rings. The van der Waals surface area contributed by atoms with Gasteiger partial charge in [-0.3, -0.25) is 14.7 Å². The third-order valence-electron chi connectivity index (χ3n) is 7.01. The molecule has 1 amide bonds. The fourth-order valence-corrected chi connectivity index (χ4v) is 5.07. The monoisotopic (exact) mass is 391 g/mol. The predicted octanol–water partition coefficient (Wildman–Crippen LogP) is 4.70. The lowest BCUT2D eigenvalue weighted by molar-refractivity contribution is 0.0569. The molecule has 3 heterocycles. The number of carbonyl (C=O) groups excluding carboxylic acids is 1. The Morgan fingerprint density at radius 2 is 1.90 bits per heavy atom. The van der Waals surface area contributed by atoms with Crippen LogP contribution in [0.3, 0.4) is 0 Å². The average Bonchev–Trinajstić information content (AvgIpc) is 3.34. The first-order chi connectivity index (χ1) is 14.0. The van der Waals surface area contributed by atoms with E-state index in [1.807, 2.05) is 18.3 Å². The topological polar surface area (TPSA) is 36.4 Å². The van der Waals surface area contributed by atoms with Crippen molar-refractivity contribution in [1.82, 2.24) is 14.8 Å². The number of fused-ring (bicyclic) bond motifs is 2. The SMILES string of the molecule is CCCCc1ccc(C(=O)N2C[C@H]3C[C@@H]2CN3[C@@H](C)c2ccnc(C)c2C)cc1. The second-order valence-electron chi connectivity index (χ2n) is 8.78. The maximum absolute atomic E-state index is 13.1. The first kappa shape index (κ1) is 20.1. The zero-order chi connectivity index (χ0) is 20.5. The molecule has 0 spiro atoms. The Balaban J connectivity index is 1.42. The Morgan fingerprint density at radius 1 is 1.14 bits per heavy atom. The lowest BCUT2D eigenvalue weighted by Crippen LogP contribution is -2.49. The van der Waals surface area contributed by atoms with E-state index in [2.05, 4.69) is 60.7 Å². The Labute approximate surface area is 174 Å². The molecule has 4 heteroatoms. The van der Waals surface area contributed by atoms with E-state index in [-0.39, 0.29) is 5.91 Å². The molecule has 2 aliphatic rings. The summed E-state index contributed by atoms with van der Waals surface area (Å²) in [6.45, 7) is 10.6. The van der Waals surface area contributed by atoms with Gasteiger partial charge in [0.05, 0.1) is 0 Å². The number of hydrogen-bond acceptors (Lipinski definition) is 3. The number of aromatic nitrogens is 1. The van der Waals surface area contributed by atoms with Gasteiger partial charge in [0.1, 0.15) is 0 Å². The summed E-state index contributed by atoms with van der Waals surface area (Å²) in [7, 11) is 0. The van der Waals surface area contributed by atoms with Crippen LogP contribution in [0.2, 0.25) is 0 Å². The summed E-state index contributed by atoms with van der Waals surface area (Å²) in [4.78, 5) is 22.2. The van der Waals surface area contributed by atoms with Crippen LogP contribution in [0, 0.1) is 13.8 Å². The number of rotatable bonds is 6. The van der Waals surface area contributed by atoms with Crippen molar-refractivity contribution < 1.29 is 4.79 Å². The highest BCUT2D eigenvalue weighted by molar-refractivity contribution is 5.94. The van der Waals surface area contributed by atoms with Gasteiger partial charge in [0.25, 0.3) is 5.91 Å². The van der Waals surface area contributed by atoms with Crippen LogP contribution in [0.15, 0.2) is 36.5 Å². The molecule has 0 unspecified atom stereocenters. The summed E-state index contributed by atoms with van der Waals surface area (Å²) in [5, 5.41) is 0. The van der Waals surface area contributed by atoms with E-state index < -0.39 is 0 Å². The number of nitrogens with zero attached hydrogens (tertiary/aromatic N) is 3. The quantitative estimate of drug-likeness (QED) is 0.716. The van der Waals surface area contributed by atoms with Crippen LogP contribution in [0.4, 0.5) is 0 Å². The van der Waals surface area contributed by atoms with Gasteiger partial charge in [-0.05, 0) is 74.9 Å². The first-order valence-electron chi connectivity index (χ1n) is 11.1. The minimum Gasteiger partial charge on any atom is -0.333 e. The Morgan fingerprint density at radius 3 is 2.55 bits per heavy atom. The Kier molecular flexibility index (Phi) is 5.73. The van der Waals surface area contributed by atoms with E-state index in [0.29, 0.717) is 18.1 Å². The van der Waals surface area contributed by atoms with Crippen molar-refractivity contribution >= 4 is 5.91 Å². The molecule has 2 bridgehead atoms. The molecular weight excluding hydrogens is 358 g/mol. The second kappa shape index (κ2) is 8.27. The molecule has 29 heavy (non-hydrogen) atoms. The van der Waals surface area contributed by atoms with Crippen LogP contribution in [-0.4, -0.2) is 45.9 Å². The number of piperazine rings is 1. The van der Waals surface area contributed by atoms with Gasteiger partial charge in [0.15, 0.2) is 0 Å². The molecule has 4 rings (SSSR count). The summed E-state index contributed by atoms with van der Waals surface area (Å²) < 4.78 is 0. The van der Waals surface area contributed by atoms with Gasteiger partial charge in [-0.2, -0.15) is 0 Å². The molecule has 2 aliphatic heterocycles. The molecule has 2 fully saturated rings. The molecule has 1 aromatic heterocycles. The largest absolute Gasteiger partial charge is 0.333 e. The van der Waals surface area contributed by atoms with E-state index in [4.69, 9.17) is 0 Å². The molecule has 0 aliphatic carbocycles. The van der Waals surface area contributed by atoms with Gasteiger partial charge >= 0.3 is 0 Å². The minimum absolute atomic E-state index is 0.197. The van der Waals surface area contributed by atoms with Crippen LogP contribution in [-0.2, 0) is 6.42 Å². The molecule has 4 nitrogen and oxygen atoms in total.